The predicted molar refractivity (Wildman–Crippen MR) is 63.7 cm³/mol. The van der Waals surface area contributed by atoms with Crippen molar-refractivity contribution in [3.63, 3.8) is 0 Å². The molecule has 17 heavy (non-hydrogen) atoms. The molecule has 0 bridgehead atoms. The van der Waals surface area contributed by atoms with Crippen LogP contribution >= 0.6 is 0 Å². The second-order valence-corrected chi connectivity index (χ2v) is 6.34. The van der Waals surface area contributed by atoms with Gasteiger partial charge in [0.05, 0.1) is 0 Å². The molecule has 96 valence electrons. The van der Waals surface area contributed by atoms with E-state index < -0.39 is 10.0 Å². The SMILES string of the molecule is Cc1[nH]nc(S(=O)(=O)NCC2CC2C)c1CN. The highest BCUT2D eigenvalue weighted by Gasteiger charge is 2.34. The minimum absolute atomic E-state index is 0.0332. The van der Waals surface area contributed by atoms with Crippen LogP contribution in [0.25, 0.3) is 0 Å². The fraction of sp³-hybridized carbons (Fsp3) is 0.700. The Morgan fingerprint density at radius 2 is 2.24 bits per heavy atom. The summed E-state index contributed by atoms with van der Waals surface area (Å²) >= 11 is 0. The van der Waals surface area contributed by atoms with E-state index in [9.17, 15) is 8.42 Å². The minimum atomic E-state index is -3.53. The normalized spacial score (nSPS) is 23.9. The van der Waals surface area contributed by atoms with Crippen LogP contribution in [0.4, 0.5) is 0 Å². The van der Waals surface area contributed by atoms with E-state index in [-0.39, 0.29) is 11.6 Å². The summed E-state index contributed by atoms with van der Waals surface area (Å²) < 4.78 is 26.6. The van der Waals surface area contributed by atoms with Gasteiger partial charge in [0.25, 0.3) is 10.0 Å². The lowest BCUT2D eigenvalue weighted by atomic mass is 10.3. The molecule has 7 heteroatoms. The zero-order valence-electron chi connectivity index (χ0n) is 10.0. The number of aromatic nitrogens is 2. The van der Waals surface area contributed by atoms with Crippen LogP contribution in [0, 0.1) is 18.8 Å². The Kier molecular flexibility index (Phi) is 3.24. The summed E-state index contributed by atoms with van der Waals surface area (Å²) in [6, 6.07) is 0. The fourth-order valence-corrected chi connectivity index (χ4v) is 3.16. The molecule has 1 aliphatic carbocycles. The number of nitrogens with two attached hydrogens (primary N) is 1. The molecule has 1 saturated carbocycles. The molecule has 0 amide bonds. The topological polar surface area (TPSA) is 101 Å². The summed E-state index contributed by atoms with van der Waals surface area (Å²) in [6.07, 6.45) is 1.09. The summed E-state index contributed by atoms with van der Waals surface area (Å²) in [4.78, 5) is 0. The van der Waals surface area contributed by atoms with Gasteiger partial charge in [-0.15, -0.1) is 0 Å². The minimum Gasteiger partial charge on any atom is -0.326 e. The van der Waals surface area contributed by atoms with Crippen molar-refractivity contribution in [2.75, 3.05) is 6.54 Å². The largest absolute Gasteiger partial charge is 0.326 e. The Balaban J connectivity index is 2.13. The number of hydrogen-bond donors (Lipinski definition) is 3. The number of aromatic amines is 1. The van der Waals surface area contributed by atoms with Crippen LogP contribution in [-0.2, 0) is 16.6 Å². The van der Waals surface area contributed by atoms with Gasteiger partial charge in [0.2, 0.25) is 0 Å². The van der Waals surface area contributed by atoms with Crippen LogP contribution in [0.2, 0.25) is 0 Å². The molecule has 0 aromatic carbocycles. The lowest BCUT2D eigenvalue weighted by Gasteiger charge is -2.05. The van der Waals surface area contributed by atoms with E-state index in [1.54, 1.807) is 6.92 Å². The molecule has 1 aliphatic rings. The van der Waals surface area contributed by atoms with Crippen molar-refractivity contribution < 1.29 is 8.42 Å². The molecule has 2 unspecified atom stereocenters. The fourth-order valence-electron chi connectivity index (χ4n) is 1.86. The highest BCUT2D eigenvalue weighted by atomic mass is 32.2. The molecule has 6 nitrogen and oxygen atoms in total. The first kappa shape index (κ1) is 12.5. The van der Waals surface area contributed by atoms with Crippen LogP contribution in [-0.4, -0.2) is 25.2 Å². The van der Waals surface area contributed by atoms with E-state index in [0.717, 1.165) is 6.42 Å². The van der Waals surface area contributed by atoms with Crippen molar-refractivity contribution in [1.29, 1.82) is 0 Å². The van der Waals surface area contributed by atoms with Gasteiger partial charge < -0.3 is 5.73 Å². The van der Waals surface area contributed by atoms with Gasteiger partial charge in [0.1, 0.15) is 0 Å². The van der Waals surface area contributed by atoms with Crippen molar-refractivity contribution in [2.45, 2.75) is 31.8 Å². The van der Waals surface area contributed by atoms with Gasteiger partial charge in [-0.2, -0.15) is 5.10 Å². The van der Waals surface area contributed by atoms with Crippen molar-refractivity contribution in [2.24, 2.45) is 17.6 Å². The Labute approximate surface area is 101 Å². The lowest BCUT2D eigenvalue weighted by Crippen LogP contribution is -2.27. The number of nitrogens with one attached hydrogen (secondary N) is 2. The third-order valence-electron chi connectivity index (χ3n) is 3.31. The van der Waals surface area contributed by atoms with E-state index in [4.69, 9.17) is 5.73 Å². The molecule has 1 aromatic rings. The highest BCUT2D eigenvalue weighted by Crippen LogP contribution is 2.37. The van der Waals surface area contributed by atoms with Crippen LogP contribution in [0.5, 0.6) is 0 Å². The predicted octanol–water partition coefficient (Wildman–Crippen LogP) is 0.111. The van der Waals surface area contributed by atoms with Crippen molar-refractivity contribution in [3.05, 3.63) is 11.3 Å². The van der Waals surface area contributed by atoms with Crippen LogP contribution in [0.1, 0.15) is 24.6 Å². The lowest BCUT2D eigenvalue weighted by molar-refractivity contribution is 0.569. The molecular weight excluding hydrogens is 240 g/mol. The maximum Gasteiger partial charge on any atom is 0.260 e. The van der Waals surface area contributed by atoms with Crippen LogP contribution in [0.3, 0.4) is 0 Å². The molecular formula is C10H18N4O2S. The number of aryl methyl sites for hydroxylation is 1. The second kappa shape index (κ2) is 4.40. The number of hydrogen-bond acceptors (Lipinski definition) is 4. The van der Waals surface area contributed by atoms with Crippen molar-refractivity contribution >= 4 is 10.0 Å². The summed E-state index contributed by atoms with van der Waals surface area (Å²) in [6.45, 7) is 4.53. The Morgan fingerprint density at radius 1 is 1.59 bits per heavy atom. The zero-order chi connectivity index (χ0) is 12.6. The van der Waals surface area contributed by atoms with E-state index in [1.807, 2.05) is 0 Å². The second-order valence-electron chi connectivity index (χ2n) is 4.66. The Hall–Kier alpha value is -0.920. The molecule has 0 aliphatic heterocycles. The van der Waals surface area contributed by atoms with Gasteiger partial charge in [0, 0.05) is 24.3 Å². The first-order chi connectivity index (χ1) is 7.95. The molecule has 1 aromatic heterocycles. The van der Waals surface area contributed by atoms with Crippen molar-refractivity contribution in [1.82, 2.24) is 14.9 Å². The number of nitrogens with zero attached hydrogens (tertiary/aromatic N) is 1. The monoisotopic (exact) mass is 258 g/mol. The summed E-state index contributed by atoms with van der Waals surface area (Å²) in [5.74, 6) is 1.08. The Bertz CT molecular complexity index is 508. The number of sulfonamides is 1. The van der Waals surface area contributed by atoms with Gasteiger partial charge in [-0.05, 0) is 25.2 Å². The molecule has 0 radical (unpaired) electrons. The van der Waals surface area contributed by atoms with Gasteiger partial charge >= 0.3 is 0 Å². The summed E-state index contributed by atoms with van der Waals surface area (Å²) in [5, 5.41) is 6.51. The van der Waals surface area contributed by atoms with Gasteiger partial charge in [-0.1, -0.05) is 6.92 Å². The zero-order valence-corrected chi connectivity index (χ0v) is 10.8. The van der Waals surface area contributed by atoms with E-state index in [1.165, 1.54) is 0 Å². The maximum atomic E-state index is 12.0. The first-order valence-electron chi connectivity index (χ1n) is 5.69. The molecule has 0 saturated heterocycles. The molecule has 4 N–H and O–H groups in total. The van der Waals surface area contributed by atoms with Crippen LogP contribution < -0.4 is 10.5 Å². The molecule has 1 heterocycles. The molecule has 1 fully saturated rings. The summed E-state index contributed by atoms with van der Waals surface area (Å²) in [5.41, 5.74) is 6.79. The quantitative estimate of drug-likeness (QED) is 0.697. The third kappa shape index (κ3) is 2.51. The van der Waals surface area contributed by atoms with Gasteiger partial charge in [0.15, 0.2) is 5.03 Å². The van der Waals surface area contributed by atoms with Crippen molar-refractivity contribution in [3.8, 4) is 0 Å². The molecule has 2 rings (SSSR count). The standard InChI is InChI=1S/C10H18N4O2S/c1-6-3-8(6)5-12-17(15,16)10-9(4-11)7(2)13-14-10/h6,8,12H,3-5,11H2,1-2H3,(H,13,14). The third-order valence-corrected chi connectivity index (χ3v) is 4.70. The Morgan fingerprint density at radius 3 is 2.76 bits per heavy atom. The molecule has 0 spiro atoms. The average molecular weight is 258 g/mol. The van der Waals surface area contributed by atoms with E-state index >= 15 is 0 Å². The summed E-state index contributed by atoms with van der Waals surface area (Å²) in [7, 11) is -3.53. The average Bonchev–Trinajstić information content (AvgIpc) is 2.83. The van der Waals surface area contributed by atoms with E-state index in [2.05, 4.69) is 21.8 Å². The first-order valence-corrected chi connectivity index (χ1v) is 7.17. The van der Waals surface area contributed by atoms with Gasteiger partial charge in [-0.25, -0.2) is 13.1 Å². The van der Waals surface area contributed by atoms with Gasteiger partial charge in [-0.3, -0.25) is 5.10 Å². The smallest absolute Gasteiger partial charge is 0.260 e. The number of rotatable bonds is 5. The number of H-pyrrole nitrogens is 1. The highest BCUT2D eigenvalue weighted by molar-refractivity contribution is 7.89. The van der Waals surface area contributed by atoms with E-state index in [0.29, 0.717) is 29.6 Å². The maximum absolute atomic E-state index is 12.0. The van der Waals surface area contributed by atoms with Crippen LogP contribution in [0.15, 0.2) is 5.03 Å². The molecule has 2 atom stereocenters.